The molecule has 0 radical (unpaired) electrons. The molecule has 0 unspecified atom stereocenters. The SMILES string of the molecule is CS(=O)(=O)NCc1noc2c1CN(C(=O)c1ccnnc1)CC2. The highest BCUT2D eigenvalue weighted by Crippen LogP contribution is 2.23. The molecule has 23 heavy (non-hydrogen) atoms. The quantitative estimate of drug-likeness (QED) is 0.814. The van der Waals surface area contributed by atoms with Crippen molar-refractivity contribution in [2.45, 2.75) is 19.5 Å². The number of nitrogens with one attached hydrogen (secondary N) is 1. The third kappa shape index (κ3) is 3.54. The largest absolute Gasteiger partial charge is 0.361 e. The summed E-state index contributed by atoms with van der Waals surface area (Å²) < 4.78 is 30.0. The van der Waals surface area contributed by atoms with E-state index in [2.05, 4.69) is 20.1 Å². The topological polar surface area (TPSA) is 118 Å². The van der Waals surface area contributed by atoms with E-state index in [0.717, 1.165) is 11.8 Å². The average molecular weight is 337 g/mol. The molecular weight excluding hydrogens is 322 g/mol. The van der Waals surface area contributed by atoms with Gasteiger partial charge in [0.2, 0.25) is 10.0 Å². The second kappa shape index (κ2) is 6.05. The zero-order valence-electron chi connectivity index (χ0n) is 12.4. The highest BCUT2D eigenvalue weighted by Gasteiger charge is 2.27. The molecule has 10 heteroatoms. The molecule has 0 aliphatic carbocycles. The van der Waals surface area contributed by atoms with Crippen molar-refractivity contribution >= 4 is 15.9 Å². The van der Waals surface area contributed by atoms with Gasteiger partial charge in [0, 0.05) is 18.5 Å². The first-order chi connectivity index (χ1) is 10.9. The van der Waals surface area contributed by atoms with Gasteiger partial charge in [-0.05, 0) is 6.07 Å². The number of nitrogens with zero attached hydrogens (tertiary/aromatic N) is 4. The van der Waals surface area contributed by atoms with Gasteiger partial charge in [0.05, 0.1) is 37.3 Å². The molecule has 122 valence electrons. The van der Waals surface area contributed by atoms with E-state index in [-0.39, 0.29) is 12.5 Å². The molecule has 9 nitrogen and oxygen atoms in total. The van der Waals surface area contributed by atoms with E-state index >= 15 is 0 Å². The predicted molar refractivity (Wildman–Crippen MR) is 78.7 cm³/mol. The average Bonchev–Trinajstić information content (AvgIpc) is 2.94. The van der Waals surface area contributed by atoms with E-state index in [1.165, 1.54) is 12.4 Å². The van der Waals surface area contributed by atoms with E-state index in [4.69, 9.17) is 4.52 Å². The number of aromatic nitrogens is 3. The van der Waals surface area contributed by atoms with E-state index in [0.29, 0.717) is 36.5 Å². The van der Waals surface area contributed by atoms with Gasteiger partial charge in [-0.15, -0.1) is 0 Å². The maximum absolute atomic E-state index is 12.5. The molecule has 1 aliphatic rings. The fourth-order valence-electron chi connectivity index (χ4n) is 2.38. The molecule has 2 aromatic heterocycles. The highest BCUT2D eigenvalue weighted by molar-refractivity contribution is 7.88. The van der Waals surface area contributed by atoms with Crippen molar-refractivity contribution in [1.82, 2.24) is 25.0 Å². The Morgan fingerprint density at radius 2 is 2.26 bits per heavy atom. The number of sulfonamides is 1. The summed E-state index contributed by atoms with van der Waals surface area (Å²) in [5, 5.41) is 11.3. The number of fused-ring (bicyclic) bond motifs is 1. The maximum Gasteiger partial charge on any atom is 0.255 e. The third-order valence-electron chi connectivity index (χ3n) is 3.53. The van der Waals surface area contributed by atoms with Gasteiger partial charge in [-0.3, -0.25) is 4.79 Å². The minimum Gasteiger partial charge on any atom is -0.361 e. The molecule has 2 aromatic rings. The number of amides is 1. The number of rotatable bonds is 4. The van der Waals surface area contributed by atoms with E-state index in [1.807, 2.05) is 0 Å². The number of hydrogen-bond donors (Lipinski definition) is 1. The molecule has 1 N–H and O–H groups in total. The van der Waals surface area contributed by atoms with Crippen LogP contribution in [0, 0.1) is 0 Å². The van der Waals surface area contributed by atoms with Crippen LogP contribution in [-0.2, 0) is 29.5 Å². The zero-order chi connectivity index (χ0) is 16.4. The summed E-state index contributed by atoms with van der Waals surface area (Å²) in [6, 6.07) is 1.60. The van der Waals surface area contributed by atoms with Crippen LogP contribution in [0.3, 0.4) is 0 Å². The molecule has 0 spiro atoms. The van der Waals surface area contributed by atoms with Gasteiger partial charge in [0.1, 0.15) is 11.5 Å². The molecule has 0 aromatic carbocycles. The van der Waals surface area contributed by atoms with E-state index < -0.39 is 10.0 Å². The summed E-state index contributed by atoms with van der Waals surface area (Å²) in [6.07, 6.45) is 4.48. The smallest absolute Gasteiger partial charge is 0.255 e. The van der Waals surface area contributed by atoms with Crippen LogP contribution in [0.4, 0.5) is 0 Å². The van der Waals surface area contributed by atoms with E-state index in [9.17, 15) is 13.2 Å². The van der Waals surface area contributed by atoms with Crippen LogP contribution in [0.2, 0.25) is 0 Å². The van der Waals surface area contributed by atoms with Crippen LogP contribution in [0.15, 0.2) is 23.0 Å². The molecular formula is C13H15N5O4S. The molecule has 0 fully saturated rings. The van der Waals surface area contributed by atoms with Crippen LogP contribution in [0.1, 0.15) is 27.4 Å². The van der Waals surface area contributed by atoms with Gasteiger partial charge in [-0.1, -0.05) is 5.16 Å². The van der Waals surface area contributed by atoms with Crippen LogP contribution in [-0.4, -0.2) is 47.4 Å². The summed E-state index contributed by atoms with van der Waals surface area (Å²) in [5.41, 5.74) is 1.70. The Hall–Kier alpha value is -2.33. The van der Waals surface area contributed by atoms with Crippen molar-refractivity contribution in [3.05, 3.63) is 41.0 Å². The molecule has 3 rings (SSSR count). The lowest BCUT2D eigenvalue weighted by molar-refractivity contribution is 0.0728. The first kappa shape index (κ1) is 15.6. The van der Waals surface area contributed by atoms with Gasteiger partial charge in [-0.2, -0.15) is 10.2 Å². The summed E-state index contributed by atoms with van der Waals surface area (Å²) in [5.74, 6) is 0.529. The minimum absolute atomic E-state index is 0.0382. The van der Waals surface area contributed by atoms with Crippen LogP contribution in [0.5, 0.6) is 0 Å². The number of hydrogen-bond acceptors (Lipinski definition) is 7. The van der Waals surface area contributed by atoms with Crippen molar-refractivity contribution in [2.75, 3.05) is 12.8 Å². The lowest BCUT2D eigenvalue weighted by Gasteiger charge is -2.26. The summed E-state index contributed by atoms with van der Waals surface area (Å²) in [4.78, 5) is 14.1. The first-order valence-corrected chi connectivity index (χ1v) is 8.80. The molecule has 1 aliphatic heterocycles. The van der Waals surface area contributed by atoms with Crippen LogP contribution < -0.4 is 4.72 Å². The molecule has 0 saturated heterocycles. The number of carbonyl (C=O) groups is 1. The Bertz CT molecular complexity index is 818. The molecule has 3 heterocycles. The van der Waals surface area contributed by atoms with E-state index in [1.54, 1.807) is 11.0 Å². The Balaban J connectivity index is 1.77. The summed E-state index contributed by atoms with van der Waals surface area (Å²) in [7, 11) is -3.33. The fourth-order valence-corrected chi connectivity index (χ4v) is 2.77. The van der Waals surface area contributed by atoms with Gasteiger partial charge < -0.3 is 9.42 Å². The Morgan fingerprint density at radius 3 is 2.96 bits per heavy atom. The van der Waals surface area contributed by atoms with Crippen molar-refractivity contribution in [2.24, 2.45) is 0 Å². The van der Waals surface area contributed by atoms with Gasteiger partial charge in [0.15, 0.2) is 0 Å². The first-order valence-electron chi connectivity index (χ1n) is 6.91. The Morgan fingerprint density at radius 1 is 1.43 bits per heavy atom. The Kier molecular flexibility index (Phi) is 4.09. The van der Waals surface area contributed by atoms with Crippen molar-refractivity contribution in [3.8, 4) is 0 Å². The maximum atomic E-state index is 12.5. The monoisotopic (exact) mass is 337 g/mol. The van der Waals surface area contributed by atoms with Crippen molar-refractivity contribution in [1.29, 1.82) is 0 Å². The lowest BCUT2D eigenvalue weighted by Crippen LogP contribution is -2.36. The molecule has 0 bridgehead atoms. The lowest BCUT2D eigenvalue weighted by atomic mass is 10.1. The standard InChI is InChI=1S/C13H15N5O4S/c1-23(20,21)16-7-11-10-8-18(5-3-12(10)22-17-11)13(19)9-2-4-14-15-6-9/h2,4,6,16H,3,5,7-8H2,1H3. The van der Waals surface area contributed by atoms with Crippen LogP contribution >= 0.6 is 0 Å². The summed E-state index contributed by atoms with van der Waals surface area (Å²) >= 11 is 0. The zero-order valence-corrected chi connectivity index (χ0v) is 13.2. The van der Waals surface area contributed by atoms with Gasteiger partial charge in [0.25, 0.3) is 5.91 Å². The fraction of sp³-hybridized carbons (Fsp3) is 0.385. The number of carbonyl (C=O) groups excluding carboxylic acids is 1. The molecule has 0 saturated carbocycles. The third-order valence-corrected chi connectivity index (χ3v) is 4.20. The van der Waals surface area contributed by atoms with Crippen molar-refractivity contribution in [3.63, 3.8) is 0 Å². The summed E-state index contributed by atoms with van der Waals surface area (Å²) in [6.45, 7) is 0.861. The molecule has 0 atom stereocenters. The second-order valence-electron chi connectivity index (χ2n) is 5.23. The van der Waals surface area contributed by atoms with Crippen molar-refractivity contribution < 1.29 is 17.7 Å². The van der Waals surface area contributed by atoms with Crippen LogP contribution in [0.25, 0.3) is 0 Å². The second-order valence-corrected chi connectivity index (χ2v) is 7.07. The van der Waals surface area contributed by atoms with Gasteiger partial charge >= 0.3 is 0 Å². The molecule has 1 amide bonds. The Labute approximate surface area is 132 Å². The highest BCUT2D eigenvalue weighted by atomic mass is 32.2. The normalized spacial score (nSPS) is 14.6. The van der Waals surface area contributed by atoms with Gasteiger partial charge in [-0.25, -0.2) is 13.1 Å². The predicted octanol–water partition coefficient (Wildman–Crippen LogP) is -0.288. The minimum atomic E-state index is -3.33.